The first-order valence-electron chi connectivity index (χ1n) is 7.38. The van der Waals surface area contributed by atoms with Gasteiger partial charge in [0, 0.05) is 6.04 Å². The summed E-state index contributed by atoms with van der Waals surface area (Å²) in [5.74, 6) is -1.02. The van der Waals surface area contributed by atoms with Gasteiger partial charge in [0.1, 0.15) is 0 Å². The Balaban J connectivity index is 2.24. The largest absolute Gasteiger partial charge is 0.478 e. The molecular formula is C16H20N2O3. The van der Waals surface area contributed by atoms with Crippen LogP contribution in [0, 0.1) is 5.41 Å². The average Bonchev–Trinajstić information content (AvgIpc) is 2.74. The highest BCUT2D eigenvalue weighted by Gasteiger charge is 2.35. The van der Waals surface area contributed by atoms with Gasteiger partial charge in [0.05, 0.1) is 16.6 Å². The number of aromatic nitrogens is 2. The van der Waals surface area contributed by atoms with E-state index < -0.39 is 5.97 Å². The Morgan fingerprint density at radius 1 is 1.38 bits per heavy atom. The third-order valence-corrected chi connectivity index (χ3v) is 4.75. The van der Waals surface area contributed by atoms with Crippen molar-refractivity contribution in [3.63, 3.8) is 0 Å². The summed E-state index contributed by atoms with van der Waals surface area (Å²) in [4.78, 5) is 26.5. The first kappa shape index (κ1) is 13.9. The molecule has 0 amide bonds. The molecule has 3 rings (SSSR count). The first-order valence-corrected chi connectivity index (χ1v) is 7.38. The van der Waals surface area contributed by atoms with Gasteiger partial charge in [-0.05, 0) is 30.4 Å². The van der Waals surface area contributed by atoms with Crippen LogP contribution < -0.4 is 5.69 Å². The second kappa shape index (κ2) is 4.76. The monoisotopic (exact) mass is 288 g/mol. The molecule has 0 bridgehead atoms. The van der Waals surface area contributed by atoms with Gasteiger partial charge in [0.25, 0.3) is 0 Å². The van der Waals surface area contributed by atoms with Gasteiger partial charge in [0.15, 0.2) is 0 Å². The molecular weight excluding hydrogens is 268 g/mol. The minimum atomic E-state index is -1.02. The molecule has 0 radical (unpaired) electrons. The summed E-state index contributed by atoms with van der Waals surface area (Å²) in [5, 5.41) is 9.26. The fraction of sp³-hybridized carbons (Fsp3) is 0.500. The highest BCUT2D eigenvalue weighted by atomic mass is 16.4. The summed E-state index contributed by atoms with van der Waals surface area (Å²) in [5.41, 5.74) is 1.10. The van der Waals surface area contributed by atoms with E-state index in [0.29, 0.717) is 11.0 Å². The van der Waals surface area contributed by atoms with Crippen molar-refractivity contribution in [3.8, 4) is 0 Å². The number of imidazole rings is 1. The van der Waals surface area contributed by atoms with Crippen molar-refractivity contribution >= 4 is 17.0 Å². The van der Waals surface area contributed by atoms with Gasteiger partial charge in [-0.15, -0.1) is 0 Å². The lowest BCUT2D eigenvalue weighted by Crippen LogP contribution is -2.35. The Hall–Kier alpha value is -2.04. The normalized spacial score (nSPS) is 21.5. The first-order chi connectivity index (χ1) is 9.92. The van der Waals surface area contributed by atoms with Crippen LogP contribution in [-0.4, -0.2) is 20.6 Å². The summed E-state index contributed by atoms with van der Waals surface area (Å²) in [6.07, 6.45) is 4.32. The molecule has 5 heteroatoms. The van der Waals surface area contributed by atoms with Crippen LogP contribution in [0.5, 0.6) is 0 Å². The van der Waals surface area contributed by atoms with Crippen LogP contribution >= 0.6 is 0 Å². The van der Waals surface area contributed by atoms with Gasteiger partial charge >= 0.3 is 11.7 Å². The Morgan fingerprint density at radius 2 is 2.14 bits per heavy atom. The van der Waals surface area contributed by atoms with E-state index in [1.54, 1.807) is 10.6 Å². The Morgan fingerprint density at radius 3 is 2.81 bits per heavy atom. The van der Waals surface area contributed by atoms with Crippen molar-refractivity contribution in [2.45, 2.75) is 45.6 Å². The summed E-state index contributed by atoms with van der Waals surface area (Å²) < 4.78 is 1.76. The second-order valence-electron chi connectivity index (χ2n) is 6.56. The van der Waals surface area contributed by atoms with Gasteiger partial charge in [-0.3, -0.25) is 4.57 Å². The molecule has 1 atom stereocenters. The maximum absolute atomic E-state index is 12.4. The number of rotatable bonds is 2. The zero-order valence-corrected chi connectivity index (χ0v) is 12.3. The Bertz CT molecular complexity index is 754. The van der Waals surface area contributed by atoms with Crippen molar-refractivity contribution < 1.29 is 9.90 Å². The summed E-state index contributed by atoms with van der Waals surface area (Å²) in [6, 6.07) is 5.16. The summed E-state index contributed by atoms with van der Waals surface area (Å²) in [7, 11) is 0. The maximum atomic E-state index is 12.4. The van der Waals surface area contributed by atoms with Crippen LogP contribution in [0.2, 0.25) is 0 Å². The van der Waals surface area contributed by atoms with E-state index in [1.165, 1.54) is 12.5 Å². The van der Waals surface area contributed by atoms with E-state index in [-0.39, 0.29) is 22.7 Å². The molecule has 2 aromatic rings. The molecule has 0 aliphatic heterocycles. The molecule has 21 heavy (non-hydrogen) atoms. The Labute approximate surface area is 122 Å². The molecule has 1 aliphatic rings. The van der Waals surface area contributed by atoms with Crippen molar-refractivity contribution in [3.05, 3.63) is 34.2 Å². The lowest BCUT2D eigenvalue weighted by Gasteiger charge is -2.39. The Kier molecular flexibility index (Phi) is 3.15. The molecule has 2 N–H and O–H groups in total. The second-order valence-corrected chi connectivity index (χ2v) is 6.56. The number of nitrogens with one attached hydrogen (secondary N) is 1. The maximum Gasteiger partial charge on any atom is 0.337 e. The minimum absolute atomic E-state index is 0.0381. The van der Waals surface area contributed by atoms with E-state index in [1.807, 2.05) is 6.07 Å². The topological polar surface area (TPSA) is 75.1 Å². The highest BCUT2D eigenvalue weighted by Crippen LogP contribution is 2.44. The summed E-state index contributed by atoms with van der Waals surface area (Å²) in [6.45, 7) is 4.37. The van der Waals surface area contributed by atoms with E-state index in [4.69, 9.17) is 0 Å². The molecule has 1 aromatic carbocycles. The van der Waals surface area contributed by atoms with Crippen LogP contribution in [0.4, 0.5) is 0 Å². The molecule has 0 saturated heterocycles. The minimum Gasteiger partial charge on any atom is -0.478 e. The van der Waals surface area contributed by atoms with Crippen LogP contribution in [0.1, 0.15) is 55.9 Å². The SMILES string of the molecule is CC1(C)CCCCC1n1c(=O)[nH]c2c(C(=O)O)cccc21. The molecule has 5 nitrogen and oxygen atoms in total. The van der Waals surface area contributed by atoms with Gasteiger partial charge in [-0.2, -0.15) is 0 Å². The molecule has 1 heterocycles. The third-order valence-electron chi connectivity index (χ3n) is 4.75. The third kappa shape index (κ3) is 2.17. The van der Waals surface area contributed by atoms with Crippen LogP contribution in [0.3, 0.4) is 0 Å². The number of aromatic amines is 1. The number of hydrogen-bond donors (Lipinski definition) is 2. The zero-order chi connectivity index (χ0) is 15.2. The molecule has 1 saturated carbocycles. The van der Waals surface area contributed by atoms with Crippen molar-refractivity contribution in [1.82, 2.24) is 9.55 Å². The predicted octanol–water partition coefficient (Wildman–Crippen LogP) is 3.17. The van der Waals surface area contributed by atoms with Crippen molar-refractivity contribution in [1.29, 1.82) is 0 Å². The zero-order valence-electron chi connectivity index (χ0n) is 12.3. The van der Waals surface area contributed by atoms with Gasteiger partial charge in [-0.1, -0.05) is 32.8 Å². The average molecular weight is 288 g/mol. The van der Waals surface area contributed by atoms with E-state index >= 15 is 0 Å². The predicted molar refractivity (Wildman–Crippen MR) is 80.8 cm³/mol. The van der Waals surface area contributed by atoms with Gasteiger partial charge < -0.3 is 10.1 Å². The standard InChI is InChI=1S/C16H20N2O3/c1-16(2)9-4-3-8-12(16)18-11-7-5-6-10(14(19)20)13(11)17-15(18)21/h5-7,12H,3-4,8-9H2,1-2H3,(H,17,21)(H,19,20). The van der Waals surface area contributed by atoms with Gasteiger partial charge in [0.2, 0.25) is 0 Å². The number of carboxylic acids is 1. The number of aromatic carboxylic acids is 1. The number of carbonyl (C=O) groups is 1. The molecule has 1 aliphatic carbocycles. The number of carboxylic acid groups (broad SMARTS) is 1. The molecule has 112 valence electrons. The van der Waals surface area contributed by atoms with Crippen LogP contribution in [0.15, 0.2) is 23.0 Å². The van der Waals surface area contributed by atoms with Crippen molar-refractivity contribution in [2.75, 3.05) is 0 Å². The number of fused-ring (bicyclic) bond motifs is 1. The number of hydrogen-bond acceptors (Lipinski definition) is 2. The summed E-state index contributed by atoms with van der Waals surface area (Å²) >= 11 is 0. The molecule has 0 spiro atoms. The fourth-order valence-electron chi connectivity index (χ4n) is 3.59. The number of benzene rings is 1. The van der Waals surface area contributed by atoms with Crippen LogP contribution in [0.25, 0.3) is 11.0 Å². The fourth-order valence-corrected chi connectivity index (χ4v) is 3.59. The lowest BCUT2D eigenvalue weighted by molar-refractivity contribution is 0.0699. The molecule has 1 fully saturated rings. The van der Waals surface area contributed by atoms with Crippen molar-refractivity contribution in [2.24, 2.45) is 5.41 Å². The smallest absolute Gasteiger partial charge is 0.337 e. The number of para-hydroxylation sites is 1. The number of H-pyrrole nitrogens is 1. The molecule has 1 aromatic heterocycles. The van der Waals surface area contributed by atoms with Crippen LogP contribution in [-0.2, 0) is 0 Å². The quantitative estimate of drug-likeness (QED) is 0.891. The molecule has 1 unspecified atom stereocenters. The van der Waals surface area contributed by atoms with E-state index in [0.717, 1.165) is 19.3 Å². The number of nitrogens with zero attached hydrogens (tertiary/aromatic N) is 1. The van der Waals surface area contributed by atoms with E-state index in [9.17, 15) is 14.7 Å². The van der Waals surface area contributed by atoms with E-state index in [2.05, 4.69) is 18.8 Å². The lowest BCUT2D eigenvalue weighted by atomic mass is 9.73. The van der Waals surface area contributed by atoms with Gasteiger partial charge in [-0.25, -0.2) is 9.59 Å². The highest BCUT2D eigenvalue weighted by molar-refractivity contribution is 6.00.